The Morgan fingerprint density at radius 1 is 1.04 bits per heavy atom. The Bertz CT molecular complexity index is 760. The minimum absolute atomic E-state index is 0. The third-order valence-corrected chi connectivity index (χ3v) is 4.09. The minimum atomic E-state index is -0.110. The van der Waals surface area contributed by atoms with Crippen molar-refractivity contribution < 1.29 is 9.59 Å². The number of anilines is 3. The molecule has 0 saturated carbocycles. The molecule has 0 aliphatic carbocycles. The first-order chi connectivity index (χ1) is 11.7. The van der Waals surface area contributed by atoms with Crippen molar-refractivity contribution in [3.8, 4) is 0 Å². The Balaban J connectivity index is 0.00000225. The fraction of sp³-hybridized carbons (Fsp3) is 0.263. The van der Waals surface area contributed by atoms with E-state index in [9.17, 15) is 9.59 Å². The van der Waals surface area contributed by atoms with Gasteiger partial charge < -0.3 is 16.0 Å². The number of carbonyl (C=O) groups is 2. The predicted octanol–water partition coefficient (Wildman–Crippen LogP) is 4.07. The monoisotopic (exact) mass is 359 g/mol. The molecule has 1 heterocycles. The molecule has 0 unspecified atom stereocenters. The third-order valence-electron chi connectivity index (χ3n) is 4.09. The molecule has 3 N–H and O–H groups in total. The van der Waals surface area contributed by atoms with Crippen molar-refractivity contribution in [2.45, 2.75) is 26.2 Å². The summed E-state index contributed by atoms with van der Waals surface area (Å²) in [5.74, 6) is -0.143. The van der Waals surface area contributed by atoms with Crippen molar-refractivity contribution in [2.75, 3.05) is 22.5 Å². The first-order valence-electron chi connectivity index (χ1n) is 8.24. The first kappa shape index (κ1) is 18.8. The quantitative estimate of drug-likeness (QED) is 0.770. The summed E-state index contributed by atoms with van der Waals surface area (Å²) >= 11 is 0. The molecule has 3 rings (SSSR count). The van der Waals surface area contributed by atoms with Crippen LogP contribution in [-0.4, -0.2) is 18.4 Å². The van der Waals surface area contributed by atoms with Crippen molar-refractivity contribution in [2.24, 2.45) is 0 Å². The molecule has 0 saturated heterocycles. The molecule has 2 aromatic rings. The van der Waals surface area contributed by atoms with E-state index in [1.54, 1.807) is 31.2 Å². The van der Waals surface area contributed by atoms with Crippen LogP contribution in [-0.2, 0) is 11.2 Å². The van der Waals surface area contributed by atoms with Gasteiger partial charge in [0, 0.05) is 35.6 Å². The highest BCUT2D eigenvalue weighted by Gasteiger charge is 2.17. The number of hydrogen-bond acceptors (Lipinski definition) is 3. The fourth-order valence-corrected chi connectivity index (χ4v) is 2.81. The standard InChI is InChI=1S/C19H21N3O2.ClH/c1-2-18(23)21-13-8-10-14(11-9-13)22-19(24)16-5-3-7-17-15(16)6-4-12-20-17;/h3,5,7-11,20H,2,4,6,12H2,1H3,(H,21,23)(H,22,24);1H. The summed E-state index contributed by atoms with van der Waals surface area (Å²) in [6.45, 7) is 2.75. The molecule has 0 atom stereocenters. The fourth-order valence-electron chi connectivity index (χ4n) is 2.81. The molecule has 25 heavy (non-hydrogen) atoms. The maximum absolute atomic E-state index is 12.6. The molecule has 0 fully saturated rings. The highest BCUT2D eigenvalue weighted by atomic mass is 35.5. The Hall–Kier alpha value is -2.53. The number of benzene rings is 2. The number of fused-ring (bicyclic) bond motifs is 1. The van der Waals surface area contributed by atoms with E-state index in [0.29, 0.717) is 17.7 Å². The summed E-state index contributed by atoms with van der Waals surface area (Å²) in [5, 5.41) is 9.04. The summed E-state index contributed by atoms with van der Waals surface area (Å²) in [6.07, 6.45) is 2.38. The molecule has 0 spiro atoms. The lowest BCUT2D eigenvalue weighted by Gasteiger charge is -2.20. The summed E-state index contributed by atoms with van der Waals surface area (Å²) in [6, 6.07) is 12.9. The second-order valence-electron chi connectivity index (χ2n) is 5.80. The van der Waals surface area contributed by atoms with Crippen LogP contribution in [0.5, 0.6) is 0 Å². The van der Waals surface area contributed by atoms with Crippen LogP contribution < -0.4 is 16.0 Å². The van der Waals surface area contributed by atoms with Crippen LogP contribution in [0.2, 0.25) is 0 Å². The Labute approximate surface area is 153 Å². The van der Waals surface area contributed by atoms with E-state index in [2.05, 4.69) is 16.0 Å². The van der Waals surface area contributed by atoms with Crippen LogP contribution in [0.25, 0.3) is 0 Å². The Morgan fingerprint density at radius 2 is 1.72 bits per heavy atom. The Kier molecular flexibility index (Phi) is 6.42. The van der Waals surface area contributed by atoms with Gasteiger partial charge >= 0.3 is 0 Å². The number of nitrogens with one attached hydrogen (secondary N) is 3. The molecule has 132 valence electrons. The van der Waals surface area contributed by atoms with Crippen LogP contribution in [0, 0.1) is 0 Å². The summed E-state index contributed by atoms with van der Waals surface area (Å²) in [5.41, 5.74) is 4.26. The second-order valence-corrected chi connectivity index (χ2v) is 5.80. The number of amides is 2. The number of rotatable bonds is 4. The maximum Gasteiger partial charge on any atom is 0.256 e. The molecular weight excluding hydrogens is 338 g/mol. The van der Waals surface area contributed by atoms with Crippen molar-refractivity contribution in [3.63, 3.8) is 0 Å². The molecule has 2 aromatic carbocycles. The van der Waals surface area contributed by atoms with Crippen molar-refractivity contribution in [1.29, 1.82) is 0 Å². The number of halogens is 1. The lowest BCUT2D eigenvalue weighted by Crippen LogP contribution is -2.19. The number of carbonyl (C=O) groups excluding carboxylic acids is 2. The van der Waals surface area contributed by atoms with Gasteiger partial charge in [-0.05, 0) is 54.8 Å². The topological polar surface area (TPSA) is 70.2 Å². The van der Waals surface area contributed by atoms with E-state index < -0.39 is 0 Å². The molecule has 1 aliphatic rings. The van der Waals surface area contributed by atoms with Crippen molar-refractivity contribution in [3.05, 3.63) is 53.6 Å². The van der Waals surface area contributed by atoms with Gasteiger partial charge in [-0.1, -0.05) is 13.0 Å². The molecule has 0 bridgehead atoms. The van der Waals surface area contributed by atoms with E-state index in [4.69, 9.17) is 0 Å². The van der Waals surface area contributed by atoms with Gasteiger partial charge in [-0.2, -0.15) is 0 Å². The van der Waals surface area contributed by atoms with Gasteiger partial charge in [-0.25, -0.2) is 0 Å². The molecule has 0 aromatic heterocycles. The molecular formula is C19H22ClN3O2. The van der Waals surface area contributed by atoms with E-state index in [1.165, 1.54) is 0 Å². The van der Waals surface area contributed by atoms with E-state index >= 15 is 0 Å². The second kappa shape index (κ2) is 8.53. The zero-order valence-electron chi connectivity index (χ0n) is 14.1. The smallest absolute Gasteiger partial charge is 0.256 e. The van der Waals surface area contributed by atoms with Gasteiger partial charge in [0.05, 0.1) is 0 Å². The SMILES string of the molecule is CCC(=O)Nc1ccc(NC(=O)c2cccc3c2CCCN3)cc1.Cl. The minimum Gasteiger partial charge on any atom is -0.385 e. The summed E-state index contributed by atoms with van der Waals surface area (Å²) < 4.78 is 0. The van der Waals surface area contributed by atoms with Gasteiger partial charge in [0.15, 0.2) is 0 Å². The summed E-state index contributed by atoms with van der Waals surface area (Å²) in [4.78, 5) is 24.0. The normalized spacial score (nSPS) is 12.2. The lowest BCUT2D eigenvalue weighted by molar-refractivity contribution is -0.115. The Morgan fingerprint density at radius 3 is 2.40 bits per heavy atom. The highest BCUT2D eigenvalue weighted by Crippen LogP contribution is 2.26. The van der Waals surface area contributed by atoms with Gasteiger partial charge in [0.2, 0.25) is 5.91 Å². The maximum atomic E-state index is 12.6. The third kappa shape index (κ3) is 4.51. The summed E-state index contributed by atoms with van der Waals surface area (Å²) in [7, 11) is 0. The first-order valence-corrected chi connectivity index (χ1v) is 8.24. The van der Waals surface area contributed by atoms with Crippen LogP contribution in [0.3, 0.4) is 0 Å². The number of hydrogen-bond donors (Lipinski definition) is 3. The van der Waals surface area contributed by atoms with E-state index in [1.807, 2.05) is 18.2 Å². The van der Waals surface area contributed by atoms with Gasteiger partial charge in [0.1, 0.15) is 0 Å². The average molecular weight is 360 g/mol. The lowest BCUT2D eigenvalue weighted by atomic mass is 9.97. The molecule has 0 radical (unpaired) electrons. The molecule has 5 nitrogen and oxygen atoms in total. The van der Waals surface area contributed by atoms with Crippen LogP contribution in [0.4, 0.5) is 17.1 Å². The van der Waals surface area contributed by atoms with Crippen LogP contribution in [0.15, 0.2) is 42.5 Å². The van der Waals surface area contributed by atoms with Gasteiger partial charge in [-0.15, -0.1) is 12.4 Å². The van der Waals surface area contributed by atoms with Crippen LogP contribution >= 0.6 is 12.4 Å². The average Bonchev–Trinajstić information content (AvgIpc) is 2.62. The predicted molar refractivity (Wildman–Crippen MR) is 104 cm³/mol. The largest absolute Gasteiger partial charge is 0.385 e. The highest BCUT2D eigenvalue weighted by molar-refractivity contribution is 6.06. The van der Waals surface area contributed by atoms with Crippen LogP contribution in [0.1, 0.15) is 35.7 Å². The van der Waals surface area contributed by atoms with E-state index in [-0.39, 0.29) is 24.2 Å². The van der Waals surface area contributed by atoms with Gasteiger partial charge in [-0.3, -0.25) is 9.59 Å². The van der Waals surface area contributed by atoms with Gasteiger partial charge in [0.25, 0.3) is 5.91 Å². The van der Waals surface area contributed by atoms with Crippen molar-refractivity contribution in [1.82, 2.24) is 0 Å². The molecule has 1 aliphatic heterocycles. The van der Waals surface area contributed by atoms with E-state index in [0.717, 1.165) is 36.3 Å². The van der Waals surface area contributed by atoms with Crippen molar-refractivity contribution >= 4 is 41.3 Å². The zero-order valence-corrected chi connectivity index (χ0v) is 14.9. The molecule has 6 heteroatoms. The molecule has 2 amide bonds. The zero-order chi connectivity index (χ0) is 16.9.